The fourth-order valence-corrected chi connectivity index (χ4v) is 6.68. The van der Waals surface area contributed by atoms with Crippen molar-refractivity contribution in [2.75, 3.05) is 39.3 Å². The van der Waals surface area contributed by atoms with Crippen molar-refractivity contribution in [3.05, 3.63) is 144 Å². The number of nitrogens with one attached hydrogen (secondary N) is 4. The molecule has 18 nitrogen and oxygen atoms in total. The average Bonchev–Trinajstić information content (AvgIpc) is 3.25. The molecule has 0 aromatic heterocycles. The molecule has 18 heteroatoms. The summed E-state index contributed by atoms with van der Waals surface area (Å²) in [4.78, 5) is 105. The molecule has 4 unspecified atom stereocenters. The Labute approximate surface area is 369 Å². The summed E-state index contributed by atoms with van der Waals surface area (Å²) in [5, 5.41) is 49.6. The van der Waals surface area contributed by atoms with Crippen molar-refractivity contribution in [1.29, 1.82) is 0 Å². The largest absolute Gasteiger partial charge is 0.480 e. The molecule has 8 N–H and O–H groups in total. The maximum absolute atomic E-state index is 13.5. The molecule has 0 saturated carbocycles. The van der Waals surface area contributed by atoms with Gasteiger partial charge in [0.15, 0.2) is 0 Å². The lowest BCUT2D eigenvalue weighted by atomic mass is 10.1. The van der Waals surface area contributed by atoms with E-state index in [1.165, 1.54) is 9.80 Å². The summed E-state index contributed by atoms with van der Waals surface area (Å²) in [5.74, 6) is -8.55. The van der Waals surface area contributed by atoms with Crippen LogP contribution in [0.4, 0.5) is 0 Å². The highest BCUT2D eigenvalue weighted by atomic mass is 16.4. The van der Waals surface area contributed by atoms with E-state index in [2.05, 4.69) is 21.3 Å². The number of benzene rings is 4. The molecule has 4 aromatic rings. The third-order valence-electron chi connectivity index (χ3n) is 9.87. The van der Waals surface area contributed by atoms with Crippen molar-refractivity contribution in [2.24, 2.45) is 0 Å². The summed E-state index contributed by atoms with van der Waals surface area (Å²) >= 11 is 0. The van der Waals surface area contributed by atoms with Crippen LogP contribution in [0.25, 0.3) is 0 Å². The van der Waals surface area contributed by atoms with Gasteiger partial charge in [-0.05, 0) is 22.3 Å². The highest BCUT2D eigenvalue weighted by Gasteiger charge is 2.28. The molecule has 0 spiro atoms. The van der Waals surface area contributed by atoms with Crippen LogP contribution in [0, 0.1) is 0 Å². The van der Waals surface area contributed by atoms with Gasteiger partial charge in [0.05, 0.1) is 26.2 Å². The molecule has 4 amide bonds. The number of hydrogen-bond acceptors (Lipinski definition) is 10. The van der Waals surface area contributed by atoms with E-state index in [9.17, 15) is 58.8 Å². The van der Waals surface area contributed by atoms with Gasteiger partial charge < -0.3 is 41.7 Å². The van der Waals surface area contributed by atoms with E-state index in [0.717, 1.165) is 0 Å². The molecule has 0 fully saturated rings. The third kappa shape index (κ3) is 17.9. The highest BCUT2D eigenvalue weighted by molar-refractivity contribution is 5.88. The summed E-state index contributed by atoms with van der Waals surface area (Å²) in [6.07, 6.45) is -0.264. The number of amides is 4. The van der Waals surface area contributed by atoms with Gasteiger partial charge in [-0.1, -0.05) is 121 Å². The normalized spacial score (nSPS) is 12.8. The van der Waals surface area contributed by atoms with Crippen LogP contribution in [0.1, 0.15) is 22.3 Å². The van der Waals surface area contributed by atoms with E-state index >= 15 is 0 Å². The summed E-state index contributed by atoms with van der Waals surface area (Å²) in [7, 11) is 0. The van der Waals surface area contributed by atoms with Gasteiger partial charge >= 0.3 is 23.9 Å². The number of carboxylic acids is 4. The smallest absolute Gasteiger partial charge is 0.326 e. The van der Waals surface area contributed by atoms with Gasteiger partial charge in [-0.2, -0.15) is 0 Å². The summed E-state index contributed by atoms with van der Waals surface area (Å²) in [6.45, 7) is -2.88. The number of carboxylic acid groups (broad SMARTS) is 4. The van der Waals surface area contributed by atoms with Gasteiger partial charge in [0, 0.05) is 38.8 Å². The highest BCUT2D eigenvalue weighted by Crippen LogP contribution is 2.08. The van der Waals surface area contributed by atoms with E-state index in [-0.39, 0.29) is 38.8 Å². The predicted octanol–water partition coefficient (Wildman–Crippen LogP) is 0.839. The number of carbonyl (C=O) groups excluding carboxylic acids is 4. The minimum absolute atomic E-state index is 0.0661. The lowest BCUT2D eigenvalue weighted by Gasteiger charge is -2.28. The Bertz CT molecular complexity index is 1870. The van der Waals surface area contributed by atoms with Crippen LogP contribution in [-0.2, 0) is 64.0 Å². The second-order valence-corrected chi connectivity index (χ2v) is 15.0. The van der Waals surface area contributed by atoms with Crippen LogP contribution in [0.3, 0.4) is 0 Å². The number of carbonyl (C=O) groups is 8. The van der Waals surface area contributed by atoms with E-state index in [1.54, 1.807) is 121 Å². The Morgan fingerprint density at radius 2 is 0.531 bits per heavy atom. The maximum atomic E-state index is 13.5. The van der Waals surface area contributed by atoms with Crippen LogP contribution < -0.4 is 21.3 Å². The minimum Gasteiger partial charge on any atom is -0.480 e. The van der Waals surface area contributed by atoms with Crippen LogP contribution in [-0.4, -0.2) is 141 Å². The van der Waals surface area contributed by atoms with Gasteiger partial charge in [0.25, 0.3) is 0 Å². The SMILES string of the molecule is O=C(CN(CCN(CC(=O)NC(Cc1ccccc1)C(=O)O)CC(=O)NC(Cc1ccccc1)C(=O)O)CC(=O)NC(Cc1ccccc1)C(=O)O)NC(Cc1ccccc1)C(=O)O. The van der Waals surface area contributed by atoms with Gasteiger partial charge in [-0.15, -0.1) is 0 Å². The Balaban J connectivity index is 1.56. The molecule has 338 valence electrons. The van der Waals surface area contributed by atoms with Gasteiger partial charge in [-0.3, -0.25) is 29.0 Å². The standard InChI is InChI=1S/C46H52N6O12/c53-39(47-35(43(57)58)23-31-13-5-1-6-14-31)27-51(28-40(54)48-36(44(59)60)24-32-15-7-2-8-16-32)21-22-52(29-41(55)49-37(45(61)62)25-33-17-9-3-10-18-33)30-42(56)50-38(46(63)64)26-34-19-11-4-12-20-34/h1-20,35-38H,21-30H2,(H,47,53)(H,48,54)(H,49,55)(H,50,56)(H,57,58)(H,59,60)(H,61,62)(H,63,64). The molecule has 0 radical (unpaired) electrons. The second-order valence-electron chi connectivity index (χ2n) is 15.0. The number of aliphatic carboxylic acids is 4. The van der Waals surface area contributed by atoms with Crippen molar-refractivity contribution in [1.82, 2.24) is 31.1 Å². The summed E-state index contributed by atoms with van der Waals surface area (Å²) in [5.41, 5.74) is 2.50. The molecule has 4 rings (SSSR count). The van der Waals surface area contributed by atoms with Crippen LogP contribution in [0.15, 0.2) is 121 Å². The third-order valence-corrected chi connectivity index (χ3v) is 9.87. The Morgan fingerprint density at radius 1 is 0.344 bits per heavy atom. The van der Waals surface area contributed by atoms with Crippen LogP contribution in [0.5, 0.6) is 0 Å². The molecule has 0 saturated heterocycles. The first kappa shape index (κ1) is 49.2. The molecule has 0 aliphatic carbocycles. The van der Waals surface area contributed by atoms with Crippen molar-refractivity contribution < 1.29 is 58.8 Å². The molecule has 0 aliphatic heterocycles. The quantitative estimate of drug-likeness (QED) is 0.0413. The predicted molar refractivity (Wildman–Crippen MR) is 232 cm³/mol. The van der Waals surface area contributed by atoms with E-state index in [1.807, 2.05) is 0 Å². The molecule has 0 aliphatic rings. The topological polar surface area (TPSA) is 272 Å². The zero-order valence-electron chi connectivity index (χ0n) is 34.9. The molecule has 64 heavy (non-hydrogen) atoms. The fraction of sp³-hybridized carbons (Fsp3) is 0.304. The van der Waals surface area contributed by atoms with Crippen molar-refractivity contribution in [3.8, 4) is 0 Å². The number of hydrogen-bond donors (Lipinski definition) is 8. The maximum Gasteiger partial charge on any atom is 0.326 e. The van der Waals surface area contributed by atoms with Crippen LogP contribution >= 0.6 is 0 Å². The monoisotopic (exact) mass is 880 g/mol. The van der Waals surface area contributed by atoms with Crippen molar-refractivity contribution >= 4 is 47.5 Å². The summed E-state index contributed by atoms with van der Waals surface area (Å²) in [6, 6.07) is 28.7. The minimum atomic E-state index is -1.37. The first-order valence-electron chi connectivity index (χ1n) is 20.3. The molecular weight excluding hydrogens is 829 g/mol. The summed E-state index contributed by atoms with van der Waals surface area (Å²) < 4.78 is 0. The van der Waals surface area contributed by atoms with Crippen LogP contribution in [0.2, 0.25) is 0 Å². The number of nitrogens with zero attached hydrogens (tertiary/aromatic N) is 2. The lowest BCUT2D eigenvalue weighted by molar-refractivity contribution is -0.143. The van der Waals surface area contributed by atoms with Gasteiger partial charge in [-0.25, -0.2) is 19.2 Å². The second kappa shape index (κ2) is 25.5. The fourth-order valence-electron chi connectivity index (χ4n) is 6.68. The first-order valence-corrected chi connectivity index (χ1v) is 20.3. The van der Waals surface area contributed by atoms with Gasteiger partial charge in [0.2, 0.25) is 23.6 Å². The van der Waals surface area contributed by atoms with Crippen molar-refractivity contribution in [2.45, 2.75) is 49.9 Å². The van der Waals surface area contributed by atoms with Gasteiger partial charge in [0.1, 0.15) is 24.2 Å². The molecule has 0 heterocycles. The first-order chi connectivity index (χ1) is 30.6. The molecule has 4 atom stereocenters. The Hall–Kier alpha value is -7.44. The number of rotatable bonds is 27. The Morgan fingerprint density at radius 3 is 0.703 bits per heavy atom. The lowest BCUT2D eigenvalue weighted by Crippen LogP contribution is -2.53. The molecular formula is C46H52N6O12. The van der Waals surface area contributed by atoms with Crippen molar-refractivity contribution in [3.63, 3.8) is 0 Å². The Kier molecular flexibility index (Phi) is 19.6. The van der Waals surface area contributed by atoms with E-state index in [0.29, 0.717) is 22.3 Å². The molecule has 4 aromatic carbocycles. The zero-order valence-corrected chi connectivity index (χ0v) is 34.9. The molecule has 0 bridgehead atoms. The zero-order chi connectivity index (χ0) is 46.4. The van der Waals surface area contributed by atoms with E-state index in [4.69, 9.17) is 0 Å². The van der Waals surface area contributed by atoms with E-state index < -0.39 is 97.9 Å². The average molecular weight is 881 g/mol.